The molecule has 1 saturated heterocycles. The third-order valence-corrected chi connectivity index (χ3v) is 7.66. The largest absolute Gasteiger partial charge is 0.371 e. The number of thiophene rings is 1. The molecule has 6 nitrogen and oxygen atoms in total. The van der Waals surface area contributed by atoms with Gasteiger partial charge >= 0.3 is 0 Å². The van der Waals surface area contributed by atoms with Crippen LogP contribution in [-0.2, 0) is 6.54 Å². The molecule has 9 heteroatoms. The van der Waals surface area contributed by atoms with Crippen LogP contribution in [0.15, 0.2) is 28.6 Å². The molecule has 1 unspecified atom stereocenters. The lowest BCUT2D eigenvalue weighted by atomic mass is 10.0. The van der Waals surface area contributed by atoms with Gasteiger partial charge in [-0.05, 0) is 60.3 Å². The molecule has 1 aromatic carbocycles. The van der Waals surface area contributed by atoms with Crippen LogP contribution in [0.4, 0.5) is 0 Å². The predicted octanol–water partition coefficient (Wildman–Crippen LogP) is 3.36. The van der Waals surface area contributed by atoms with E-state index in [1.807, 2.05) is 17.0 Å². The summed E-state index contributed by atoms with van der Waals surface area (Å²) in [5.41, 5.74) is 0.938. The lowest BCUT2D eigenvalue weighted by Crippen LogP contribution is -2.56. The van der Waals surface area contributed by atoms with Crippen molar-refractivity contribution in [3.63, 3.8) is 0 Å². The van der Waals surface area contributed by atoms with Crippen molar-refractivity contribution >= 4 is 50.5 Å². The number of alkyl halides is 1. The van der Waals surface area contributed by atoms with Gasteiger partial charge in [-0.25, -0.2) is 0 Å². The summed E-state index contributed by atoms with van der Waals surface area (Å²) < 4.78 is 1.24. The Balaban J connectivity index is 1.23. The number of hydrogen-bond acceptors (Lipinski definition) is 7. The van der Waals surface area contributed by atoms with Crippen molar-refractivity contribution in [2.24, 2.45) is 4.99 Å². The van der Waals surface area contributed by atoms with Crippen LogP contribution in [0.2, 0.25) is 5.02 Å². The molecule has 0 amide bonds. The van der Waals surface area contributed by atoms with E-state index in [-0.39, 0.29) is 5.50 Å². The van der Waals surface area contributed by atoms with E-state index < -0.39 is 6.23 Å². The number of piperidine rings is 1. The number of fused-ring (bicyclic) bond motifs is 1. The maximum atomic E-state index is 10.8. The first-order chi connectivity index (χ1) is 15.1. The zero-order chi connectivity index (χ0) is 21.6. The monoisotopic (exact) mass is 483 g/mol. The number of rotatable bonds is 8. The first-order valence-electron chi connectivity index (χ1n) is 11.1. The highest BCUT2D eigenvalue weighted by Gasteiger charge is 2.30. The third kappa shape index (κ3) is 6.11. The van der Waals surface area contributed by atoms with Crippen molar-refractivity contribution in [2.45, 2.75) is 50.0 Å². The number of benzene rings is 1. The molecule has 0 bridgehead atoms. The van der Waals surface area contributed by atoms with Crippen LogP contribution < -0.4 is 16.0 Å². The Bertz CT molecular complexity index is 886. The molecule has 1 fully saturated rings. The van der Waals surface area contributed by atoms with Crippen molar-refractivity contribution in [3.8, 4) is 0 Å². The van der Waals surface area contributed by atoms with Crippen LogP contribution >= 0.6 is 34.5 Å². The van der Waals surface area contributed by atoms with E-state index in [1.165, 1.54) is 34.9 Å². The molecule has 0 aliphatic carbocycles. The number of aliphatic hydroxyl groups excluding tert-OH is 1. The van der Waals surface area contributed by atoms with Crippen LogP contribution in [0.25, 0.3) is 10.1 Å². The Morgan fingerprint density at radius 2 is 2.19 bits per heavy atom. The summed E-state index contributed by atoms with van der Waals surface area (Å²) in [6.45, 7) is 4.51. The van der Waals surface area contributed by atoms with E-state index in [4.69, 9.17) is 23.2 Å². The van der Waals surface area contributed by atoms with Crippen molar-refractivity contribution in [1.82, 2.24) is 20.9 Å². The van der Waals surface area contributed by atoms with Crippen molar-refractivity contribution in [2.75, 3.05) is 32.7 Å². The first kappa shape index (κ1) is 23.2. The van der Waals surface area contributed by atoms with Crippen molar-refractivity contribution < 1.29 is 5.11 Å². The highest BCUT2D eigenvalue weighted by atomic mass is 35.5. The molecule has 3 atom stereocenters. The SMILES string of the molecule is OC1C(NCC[C@H]2CCCCN2)=NC[C@H](Cl)N1CCNCc1csc2ccc(Cl)cc12. The minimum absolute atomic E-state index is 0.303. The summed E-state index contributed by atoms with van der Waals surface area (Å²) in [5, 5.41) is 25.3. The van der Waals surface area contributed by atoms with Gasteiger partial charge in [-0.3, -0.25) is 9.89 Å². The Morgan fingerprint density at radius 1 is 1.29 bits per heavy atom. The number of halogens is 2. The molecular formula is C22H31Cl2N5OS. The molecule has 31 heavy (non-hydrogen) atoms. The average molecular weight is 484 g/mol. The van der Waals surface area contributed by atoms with Gasteiger partial charge in [-0.1, -0.05) is 18.0 Å². The van der Waals surface area contributed by atoms with E-state index in [0.717, 1.165) is 37.6 Å². The van der Waals surface area contributed by atoms with Crippen LogP contribution in [0.5, 0.6) is 0 Å². The normalized spacial score (nSPS) is 25.0. The maximum Gasteiger partial charge on any atom is 0.166 e. The summed E-state index contributed by atoms with van der Waals surface area (Å²) in [6.07, 6.45) is 4.04. The van der Waals surface area contributed by atoms with Gasteiger partial charge in [-0.15, -0.1) is 22.9 Å². The fraction of sp³-hybridized carbons (Fsp3) is 0.591. The number of aliphatic imine (C=N–C) groups is 1. The molecule has 0 spiro atoms. The molecule has 2 aliphatic rings. The van der Waals surface area contributed by atoms with Gasteiger partial charge in [0.05, 0.1) is 6.54 Å². The Labute approximate surface area is 198 Å². The average Bonchev–Trinajstić information content (AvgIpc) is 3.17. The Morgan fingerprint density at radius 3 is 3.03 bits per heavy atom. The van der Waals surface area contributed by atoms with Gasteiger partial charge < -0.3 is 21.1 Å². The van der Waals surface area contributed by atoms with Crippen LogP contribution in [0.1, 0.15) is 31.2 Å². The molecule has 1 aromatic heterocycles. The van der Waals surface area contributed by atoms with E-state index in [1.54, 1.807) is 11.3 Å². The number of amidine groups is 1. The number of nitrogens with zero attached hydrogens (tertiary/aromatic N) is 2. The van der Waals surface area contributed by atoms with Crippen LogP contribution in [-0.4, -0.2) is 66.3 Å². The predicted molar refractivity (Wildman–Crippen MR) is 131 cm³/mol. The summed E-state index contributed by atoms with van der Waals surface area (Å²) in [5.74, 6) is 0.631. The van der Waals surface area contributed by atoms with E-state index >= 15 is 0 Å². The standard InChI is InChI=1S/C22H31Cl2N5OS/c23-16-4-5-19-18(11-16)15(14-31-19)12-25-9-10-29-20(24)13-28-21(22(29)30)27-8-6-17-3-1-2-7-26-17/h4-5,11,14,17,20,22,25-26,30H,1-3,6-10,12-13H2,(H,27,28)/t17-,20-,22?/m1/s1. The van der Waals surface area contributed by atoms with E-state index in [0.29, 0.717) is 25.0 Å². The second-order valence-electron chi connectivity index (χ2n) is 8.21. The first-order valence-corrected chi connectivity index (χ1v) is 12.8. The fourth-order valence-corrected chi connectivity index (χ4v) is 5.64. The molecule has 2 aliphatic heterocycles. The smallest absolute Gasteiger partial charge is 0.166 e. The lowest BCUT2D eigenvalue weighted by Gasteiger charge is -2.36. The zero-order valence-corrected chi connectivity index (χ0v) is 19.9. The minimum atomic E-state index is -0.793. The number of aliphatic hydroxyl groups is 1. The molecule has 0 radical (unpaired) electrons. The molecule has 170 valence electrons. The Hall–Kier alpha value is -0.930. The summed E-state index contributed by atoms with van der Waals surface area (Å²) in [7, 11) is 0. The second kappa shape index (κ2) is 11.3. The van der Waals surface area contributed by atoms with Gasteiger partial charge in [-0.2, -0.15) is 0 Å². The molecule has 2 aromatic rings. The molecule has 4 N–H and O–H groups in total. The zero-order valence-electron chi connectivity index (χ0n) is 17.6. The van der Waals surface area contributed by atoms with Crippen LogP contribution in [0, 0.1) is 0 Å². The quantitative estimate of drug-likeness (QED) is 0.263. The maximum absolute atomic E-state index is 10.8. The minimum Gasteiger partial charge on any atom is -0.371 e. The fourth-order valence-electron chi connectivity index (χ4n) is 4.25. The summed E-state index contributed by atoms with van der Waals surface area (Å²) in [6, 6.07) is 6.57. The van der Waals surface area contributed by atoms with Gasteiger partial charge in [0.1, 0.15) is 11.3 Å². The summed E-state index contributed by atoms with van der Waals surface area (Å²) >= 11 is 14.3. The van der Waals surface area contributed by atoms with Crippen LogP contribution in [0.3, 0.4) is 0 Å². The molecule has 4 rings (SSSR count). The van der Waals surface area contributed by atoms with Crippen molar-refractivity contribution in [1.29, 1.82) is 0 Å². The highest BCUT2D eigenvalue weighted by Crippen LogP contribution is 2.28. The second-order valence-corrected chi connectivity index (χ2v) is 10.1. The number of nitrogens with one attached hydrogen (secondary N) is 3. The summed E-state index contributed by atoms with van der Waals surface area (Å²) in [4.78, 5) is 6.36. The van der Waals surface area contributed by atoms with Crippen molar-refractivity contribution in [3.05, 3.63) is 34.2 Å². The lowest BCUT2D eigenvalue weighted by molar-refractivity contribution is 0.0389. The topological polar surface area (TPSA) is 71.9 Å². The molecule has 3 heterocycles. The molecule has 0 saturated carbocycles. The van der Waals surface area contributed by atoms with E-state index in [2.05, 4.69) is 32.4 Å². The van der Waals surface area contributed by atoms with E-state index in [9.17, 15) is 5.11 Å². The van der Waals surface area contributed by atoms with Gasteiger partial charge in [0.15, 0.2) is 6.23 Å². The highest BCUT2D eigenvalue weighted by molar-refractivity contribution is 7.17. The van der Waals surface area contributed by atoms with Gasteiger partial charge in [0, 0.05) is 41.9 Å². The Kier molecular flexibility index (Phi) is 8.45. The third-order valence-electron chi connectivity index (χ3n) is 6.02. The van der Waals surface area contributed by atoms with Gasteiger partial charge in [0.2, 0.25) is 0 Å². The van der Waals surface area contributed by atoms with Gasteiger partial charge in [0.25, 0.3) is 0 Å². The number of hydrogen-bond donors (Lipinski definition) is 4. The molecular weight excluding hydrogens is 453 g/mol.